The van der Waals surface area contributed by atoms with E-state index in [0.29, 0.717) is 0 Å². The third kappa shape index (κ3) is 1.52. The molecule has 1 spiro atoms. The summed E-state index contributed by atoms with van der Waals surface area (Å²) in [7, 11) is 0. The smallest absolute Gasteiger partial charge is 0.174 e. The lowest BCUT2D eigenvalue weighted by Gasteiger charge is -2.37. The van der Waals surface area contributed by atoms with Crippen molar-refractivity contribution in [2.24, 2.45) is 11.3 Å². The monoisotopic (exact) mass is 248 g/mol. The Hall–Kier alpha value is -0.960. The van der Waals surface area contributed by atoms with E-state index >= 15 is 0 Å². The van der Waals surface area contributed by atoms with Gasteiger partial charge in [-0.1, -0.05) is 12.8 Å². The van der Waals surface area contributed by atoms with Crippen LogP contribution in [0.15, 0.2) is 6.07 Å². The molecule has 0 aromatic carbocycles. The molecule has 1 fully saturated rings. The molecule has 1 atom stereocenters. The Balaban J connectivity index is 2.10. The highest BCUT2D eigenvalue weighted by molar-refractivity contribution is 7.12. The number of ketones is 1. The van der Waals surface area contributed by atoms with Crippen LogP contribution < -0.4 is 0 Å². The van der Waals surface area contributed by atoms with Crippen LogP contribution in [0.3, 0.4) is 0 Å². The summed E-state index contributed by atoms with van der Waals surface area (Å²) in [6.07, 6.45) is 6.26. The van der Waals surface area contributed by atoms with Crippen LogP contribution >= 0.6 is 11.3 Å². The minimum absolute atomic E-state index is 0.0386. The zero-order valence-electron chi connectivity index (χ0n) is 9.99. The third-order valence-corrected chi connectivity index (χ3v) is 5.44. The molecule has 2 aliphatic rings. The average Bonchev–Trinajstić information content (AvgIpc) is 2.87. The number of carbonyl (C=O) groups excluding carboxylic acids is 2. The Kier molecular flexibility index (Phi) is 2.47. The summed E-state index contributed by atoms with van der Waals surface area (Å²) in [5.41, 5.74) is 0.783. The molecule has 3 heteroatoms. The first-order valence-electron chi connectivity index (χ1n) is 6.25. The Labute approximate surface area is 105 Å². The molecule has 2 aliphatic carbocycles. The summed E-state index contributed by atoms with van der Waals surface area (Å²) in [5.74, 6) is -0.306. The van der Waals surface area contributed by atoms with Gasteiger partial charge in [-0.2, -0.15) is 0 Å². The minimum Gasteiger partial charge on any atom is -0.303 e. The van der Waals surface area contributed by atoms with Crippen LogP contribution in [0, 0.1) is 18.3 Å². The van der Waals surface area contributed by atoms with Gasteiger partial charge >= 0.3 is 0 Å². The third-order valence-electron chi connectivity index (χ3n) is 4.39. The number of hydrogen-bond donors (Lipinski definition) is 0. The van der Waals surface area contributed by atoms with Crippen LogP contribution in [0.4, 0.5) is 0 Å². The summed E-state index contributed by atoms with van der Waals surface area (Å²) >= 11 is 1.73. The fourth-order valence-corrected chi connectivity index (χ4v) is 4.75. The van der Waals surface area contributed by atoms with Gasteiger partial charge in [-0.15, -0.1) is 11.3 Å². The highest BCUT2D eigenvalue weighted by Gasteiger charge is 2.49. The fraction of sp³-hybridized carbons (Fsp3) is 0.571. The van der Waals surface area contributed by atoms with Crippen molar-refractivity contribution in [3.63, 3.8) is 0 Å². The summed E-state index contributed by atoms with van der Waals surface area (Å²) in [5, 5.41) is 0. The summed E-state index contributed by atoms with van der Waals surface area (Å²) in [4.78, 5) is 26.1. The van der Waals surface area contributed by atoms with Crippen molar-refractivity contribution in [2.45, 2.75) is 39.0 Å². The van der Waals surface area contributed by atoms with E-state index in [1.54, 1.807) is 11.3 Å². The second-order valence-electron chi connectivity index (χ2n) is 5.42. The van der Waals surface area contributed by atoms with Crippen molar-refractivity contribution >= 4 is 23.4 Å². The molecule has 0 aliphatic heterocycles. The van der Waals surface area contributed by atoms with Gasteiger partial charge in [0.15, 0.2) is 5.78 Å². The first-order valence-corrected chi connectivity index (χ1v) is 7.07. The number of aryl methyl sites for hydroxylation is 1. The molecular formula is C14H16O2S. The molecule has 0 amide bonds. The lowest BCUT2D eigenvalue weighted by molar-refractivity contribution is -0.113. The highest BCUT2D eigenvalue weighted by atomic mass is 32.1. The normalized spacial score (nSPS) is 26.2. The average molecular weight is 248 g/mol. The van der Waals surface area contributed by atoms with E-state index in [1.807, 2.05) is 13.0 Å². The molecule has 0 saturated heterocycles. The molecule has 0 N–H and O–H groups in total. The lowest BCUT2D eigenvalue weighted by atomic mass is 9.65. The number of aldehydes is 1. The molecule has 2 nitrogen and oxygen atoms in total. The number of rotatable bonds is 1. The van der Waals surface area contributed by atoms with Crippen molar-refractivity contribution in [1.82, 2.24) is 0 Å². The van der Waals surface area contributed by atoms with Gasteiger partial charge in [0.1, 0.15) is 6.29 Å². The predicted molar refractivity (Wildman–Crippen MR) is 67.5 cm³/mol. The lowest BCUT2D eigenvalue weighted by Crippen LogP contribution is -2.40. The molecule has 1 aromatic rings. The van der Waals surface area contributed by atoms with Crippen LogP contribution in [0.25, 0.3) is 0 Å². The second-order valence-corrected chi connectivity index (χ2v) is 6.76. The van der Waals surface area contributed by atoms with Crippen LogP contribution in [-0.2, 0) is 11.2 Å². The van der Waals surface area contributed by atoms with Crippen molar-refractivity contribution in [3.8, 4) is 0 Å². The Bertz CT molecular complexity index is 480. The van der Waals surface area contributed by atoms with E-state index in [4.69, 9.17) is 0 Å². The molecule has 1 heterocycles. The number of hydrogen-bond acceptors (Lipinski definition) is 3. The quantitative estimate of drug-likeness (QED) is 0.565. The molecule has 0 radical (unpaired) electrons. The standard InChI is InChI=1S/C14H16O2S/c1-9-6-10-12(17-9)7-14(4-2-3-5-14)11(8-15)13(10)16/h6,8,11H,2-5,7H2,1H3. The van der Waals surface area contributed by atoms with Crippen molar-refractivity contribution in [3.05, 3.63) is 21.4 Å². The van der Waals surface area contributed by atoms with Gasteiger partial charge in [0, 0.05) is 15.3 Å². The van der Waals surface area contributed by atoms with Gasteiger partial charge in [-0.3, -0.25) is 4.79 Å². The molecule has 17 heavy (non-hydrogen) atoms. The number of carbonyl (C=O) groups is 2. The second kappa shape index (κ2) is 3.77. The SMILES string of the molecule is Cc1cc2c(s1)CC1(CCCC1)C(C=O)C2=O. The van der Waals surface area contributed by atoms with E-state index < -0.39 is 0 Å². The predicted octanol–water partition coefficient (Wildman–Crippen LogP) is 3.17. The van der Waals surface area contributed by atoms with Gasteiger partial charge in [-0.25, -0.2) is 0 Å². The van der Waals surface area contributed by atoms with Crippen molar-refractivity contribution in [1.29, 1.82) is 0 Å². The van der Waals surface area contributed by atoms with Crippen molar-refractivity contribution in [2.75, 3.05) is 0 Å². The number of Topliss-reactive ketones (excluding diaryl/α,β-unsaturated/α-hetero) is 1. The van der Waals surface area contributed by atoms with E-state index in [2.05, 4.69) is 0 Å². The minimum atomic E-state index is -0.383. The largest absolute Gasteiger partial charge is 0.303 e. The molecular weight excluding hydrogens is 232 g/mol. The summed E-state index contributed by atoms with van der Waals surface area (Å²) < 4.78 is 0. The Morgan fingerprint density at radius 2 is 2.12 bits per heavy atom. The van der Waals surface area contributed by atoms with Gasteiger partial charge < -0.3 is 4.79 Å². The number of thiophene rings is 1. The first-order chi connectivity index (χ1) is 8.16. The Morgan fingerprint density at radius 1 is 1.41 bits per heavy atom. The highest BCUT2D eigenvalue weighted by Crippen LogP contribution is 2.51. The maximum Gasteiger partial charge on any atom is 0.174 e. The van der Waals surface area contributed by atoms with Gasteiger partial charge in [0.25, 0.3) is 0 Å². The van der Waals surface area contributed by atoms with E-state index in [0.717, 1.165) is 44.0 Å². The van der Waals surface area contributed by atoms with Crippen LogP contribution in [0.2, 0.25) is 0 Å². The van der Waals surface area contributed by atoms with E-state index in [-0.39, 0.29) is 17.1 Å². The molecule has 1 aromatic heterocycles. The first kappa shape index (κ1) is 11.1. The molecule has 1 unspecified atom stereocenters. The van der Waals surface area contributed by atoms with Gasteiger partial charge in [-0.05, 0) is 37.7 Å². The number of fused-ring (bicyclic) bond motifs is 1. The summed E-state index contributed by atoms with van der Waals surface area (Å²) in [6, 6.07) is 1.96. The fourth-order valence-electron chi connectivity index (χ4n) is 3.55. The van der Waals surface area contributed by atoms with E-state index in [1.165, 1.54) is 9.75 Å². The van der Waals surface area contributed by atoms with E-state index in [9.17, 15) is 9.59 Å². The van der Waals surface area contributed by atoms with Gasteiger partial charge in [0.05, 0.1) is 5.92 Å². The maximum atomic E-state index is 12.4. The topological polar surface area (TPSA) is 34.1 Å². The zero-order chi connectivity index (χ0) is 12.0. The molecule has 1 saturated carbocycles. The molecule has 0 bridgehead atoms. The maximum absolute atomic E-state index is 12.4. The van der Waals surface area contributed by atoms with Gasteiger partial charge in [0.2, 0.25) is 0 Å². The van der Waals surface area contributed by atoms with Crippen molar-refractivity contribution < 1.29 is 9.59 Å². The van der Waals surface area contributed by atoms with Crippen LogP contribution in [0.1, 0.15) is 45.8 Å². The molecule has 90 valence electrons. The van der Waals surface area contributed by atoms with Crippen LogP contribution in [-0.4, -0.2) is 12.1 Å². The summed E-state index contributed by atoms with van der Waals surface area (Å²) in [6.45, 7) is 2.04. The zero-order valence-corrected chi connectivity index (χ0v) is 10.8. The van der Waals surface area contributed by atoms with Crippen LogP contribution in [0.5, 0.6) is 0 Å². The molecule has 3 rings (SSSR count). The Morgan fingerprint density at radius 3 is 2.76 bits per heavy atom.